The summed E-state index contributed by atoms with van der Waals surface area (Å²) in [6.45, 7) is 9.19. The van der Waals surface area contributed by atoms with E-state index in [1.165, 1.54) is 25.9 Å². The number of carbonyl (C=O) groups excluding carboxylic acids is 2. The molecule has 0 aliphatic heterocycles. The van der Waals surface area contributed by atoms with E-state index in [0.29, 0.717) is 6.42 Å². The van der Waals surface area contributed by atoms with Crippen LogP contribution in [0, 0.1) is 16.7 Å². The van der Waals surface area contributed by atoms with Crippen molar-refractivity contribution in [1.82, 2.24) is 4.90 Å². The molecule has 6 nitrogen and oxygen atoms in total. The normalized spacial score (nSPS) is 13.2. The van der Waals surface area contributed by atoms with Gasteiger partial charge in [-0.15, -0.1) is 0 Å². The molecule has 21 heavy (non-hydrogen) atoms. The Labute approximate surface area is 126 Å². The first-order valence-electron chi connectivity index (χ1n) is 6.90. The SMILES string of the molecule is COC(=O)[C@@H](N(CCC(C)(C)C)C(=O)CC#N)C(C)(C)O. The fourth-order valence-electron chi connectivity index (χ4n) is 1.93. The molecule has 0 aliphatic rings. The lowest BCUT2D eigenvalue weighted by molar-refractivity contribution is -0.163. The smallest absolute Gasteiger partial charge is 0.331 e. The zero-order valence-electron chi connectivity index (χ0n) is 13.8. The second-order valence-corrected chi connectivity index (χ2v) is 6.81. The van der Waals surface area contributed by atoms with Gasteiger partial charge in [0.1, 0.15) is 6.42 Å². The summed E-state index contributed by atoms with van der Waals surface area (Å²) in [5.41, 5.74) is -1.51. The van der Waals surface area contributed by atoms with Crippen molar-refractivity contribution in [3.63, 3.8) is 0 Å². The van der Waals surface area contributed by atoms with Crippen molar-refractivity contribution >= 4 is 11.9 Å². The van der Waals surface area contributed by atoms with Crippen LogP contribution in [0.1, 0.15) is 47.5 Å². The Bertz CT molecular complexity index is 413. The van der Waals surface area contributed by atoms with Gasteiger partial charge in [-0.3, -0.25) is 4.79 Å². The van der Waals surface area contributed by atoms with Gasteiger partial charge in [0.25, 0.3) is 0 Å². The third kappa shape index (κ3) is 6.58. The van der Waals surface area contributed by atoms with Crippen LogP contribution in [0.3, 0.4) is 0 Å². The molecule has 1 amide bonds. The van der Waals surface area contributed by atoms with Crippen LogP contribution in [0.15, 0.2) is 0 Å². The third-order valence-corrected chi connectivity index (χ3v) is 3.06. The average Bonchev–Trinajstić information content (AvgIpc) is 2.30. The van der Waals surface area contributed by atoms with Crippen LogP contribution in [0.2, 0.25) is 0 Å². The molecule has 0 heterocycles. The van der Waals surface area contributed by atoms with E-state index in [9.17, 15) is 14.7 Å². The minimum atomic E-state index is -1.46. The molecule has 0 spiro atoms. The van der Waals surface area contributed by atoms with Crippen LogP contribution in [-0.4, -0.2) is 47.2 Å². The fourth-order valence-corrected chi connectivity index (χ4v) is 1.93. The number of methoxy groups -OCH3 is 1. The van der Waals surface area contributed by atoms with Crippen molar-refractivity contribution in [2.75, 3.05) is 13.7 Å². The first-order valence-corrected chi connectivity index (χ1v) is 6.90. The van der Waals surface area contributed by atoms with Gasteiger partial charge < -0.3 is 14.7 Å². The molecule has 0 radical (unpaired) electrons. The molecule has 1 atom stereocenters. The summed E-state index contributed by atoms with van der Waals surface area (Å²) >= 11 is 0. The van der Waals surface area contributed by atoms with E-state index < -0.39 is 23.5 Å². The number of esters is 1. The molecule has 1 N–H and O–H groups in total. The summed E-state index contributed by atoms with van der Waals surface area (Å²) < 4.78 is 4.70. The second-order valence-electron chi connectivity index (χ2n) is 6.81. The molecule has 0 aromatic carbocycles. The predicted octanol–water partition coefficient (Wildman–Crippen LogP) is 1.48. The van der Waals surface area contributed by atoms with Gasteiger partial charge in [-0.05, 0) is 25.7 Å². The number of rotatable bonds is 6. The van der Waals surface area contributed by atoms with E-state index >= 15 is 0 Å². The van der Waals surface area contributed by atoms with Crippen LogP contribution in [0.5, 0.6) is 0 Å². The zero-order chi connectivity index (χ0) is 16.8. The Balaban J connectivity index is 5.45. The maximum atomic E-state index is 12.2. The highest BCUT2D eigenvalue weighted by Gasteiger charge is 2.41. The van der Waals surface area contributed by atoms with Crippen molar-refractivity contribution in [3.8, 4) is 6.07 Å². The Morgan fingerprint density at radius 3 is 2.14 bits per heavy atom. The highest BCUT2D eigenvalue weighted by atomic mass is 16.5. The van der Waals surface area contributed by atoms with Gasteiger partial charge in [0.15, 0.2) is 6.04 Å². The van der Waals surface area contributed by atoms with Crippen molar-refractivity contribution in [2.24, 2.45) is 5.41 Å². The summed E-state index contributed by atoms with van der Waals surface area (Å²) in [4.78, 5) is 25.4. The zero-order valence-corrected chi connectivity index (χ0v) is 13.8. The van der Waals surface area contributed by atoms with Crippen LogP contribution in [-0.2, 0) is 14.3 Å². The Morgan fingerprint density at radius 2 is 1.81 bits per heavy atom. The second kappa shape index (κ2) is 7.41. The molecule has 0 saturated carbocycles. The molecular weight excluding hydrogens is 272 g/mol. The van der Waals surface area contributed by atoms with Crippen LogP contribution < -0.4 is 0 Å². The summed E-state index contributed by atoms with van der Waals surface area (Å²) in [5.74, 6) is -1.18. The van der Waals surface area contributed by atoms with Crippen molar-refractivity contribution in [1.29, 1.82) is 5.26 Å². The Kier molecular flexibility index (Phi) is 6.84. The quantitative estimate of drug-likeness (QED) is 0.750. The molecule has 6 heteroatoms. The van der Waals surface area contributed by atoms with Gasteiger partial charge in [0, 0.05) is 6.54 Å². The van der Waals surface area contributed by atoms with E-state index in [2.05, 4.69) is 0 Å². The molecule has 0 unspecified atom stereocenters. The van der Waals surface area contributed by atoms with Crippen molar-refractivity contribution < 1.29 is 19.4 Å². The summed E-state index contributed by atoms with van der Waals surface area (Å²) in [6, 6.07) is 0.650. The number of nitrogens with zero attached hydrogens (tertiary/aromatic N) is 2. The lowest BCUT2D eigenvalue weighted by atomic mass is 9.90. The van der Waals surface area contributed by atoms with Gasteiger partial charge in [0.2, 0.25) is 5.91 Å². The minimum absolute atomic E-state index is 0.0502. The van der Waals surface area contributed by atoms with E-state index in [0.717, 1.165) is 0 Å². The Morgan fingerprint density at radius 1 is 1.29 bits per heavy atom. The Hall–Kier alpha value is -1.61. The summed E-state index contributed by atoms with van der Waals surface area (Å²) in [7, 11) is 1.21. The monoisotopic (exact) mass is 298 g/mol. The maximum absolute atomic E-state index is 12.2. The van der Waals surface area contributed by atoms with Gasteiger partial charge in [0.05, 0.1) is 18.8 Å². The predicted molar refractivity (Wildman–Crippen MR) is 78.1 cm³/mol. The molecular formula is C15H26N2O4. The number of hydrogen-bond acceptors (Lipinski definition) is 5. The lowest BCUT2D eigenvalue weighted by Crippen LogP contribution is -2.57. The van der Waals surface area contributed by atoms with E-state index in [-0.39, 0.29) is 18.4 Å². The van der Waals surface area contributed by atoms with E-state index in [4.69, 9.17) is 10.00 Å². The molecule has 0 fully saturated rings. The largest absolute Gasteiger partial charge is 0.467 e. The summed E-state index contributed by atoms with van der Waals surface area (Å²) in [5, 5.41) is 18.9. The van der Waals surface area contributed by atoms with Gasteiger partial charge >= 0.3 is 5.97 Å². The molecule has 0 aromatic rings. The van der Waals surface area contributed by atoms with Gasteiger partial charge in [-0.25, -0.2) is 4.79 Å². The number of amides is 1. The van der Waals surface area contributed by atoms with Crippen molar-refractivity contribution in [2.45, 2.75) is 59.1 Å². The molecule has 0 aromatic heterocycles. The van der Waals surface area contributed by atoms with Crippen molar-refractivity contribution in [3.05, 3.63) is 0 Å². The topological polar surface area (TPSA) is 90.6 Å². The summed E-state index contributed by atoms with van der Waals surface area (Å²) in [6.07, 6.45) is 0.293. The van der Waals surface area contributed by atoms with Crippen LogP contribution in [0.25, 0.3) is 0 Å². The van der Waals surface area contributed by atoms with Gasteiger partial charge in [-0.2, -0.15) is 5.26 Å². The molecule has 120 valence electrons. The van der Waals surface area contributed by atoms with E-state index in [1.54, 1.807) is 6.07 Å². The number of nitriles is 1. The highest BCUT2D eigenvalue weighted by molar-refractivity contribution is 5.86. The average molecular weight is 298 g/mol. The van der Waals surface area contributed by atoms with E-state index in [1.807, 2.05) is 20.8 Å². The first kappa shape index (κ1) is 19.4. The number of aliphatic hydroxyl groups is 1. The molecule has 0 saturated heterocycles. The minimum Gasteiger partial charge on any atom is -0.467 e. The highest BCUT2D eigenvalue weighted by Crippen LogP contribution is 2.23. The standard InChI is InChI=1S/C15H26N2O4/c1-14(2,3)8-10-17(11(18)7-9-16)12(13(19)21-6)15(4,5)20/h12,20H,7-8,10H2,1-6H3/t12-/m1/s1. The lowest BCUT2D eigenvalue weighted by Gasteiger charge is -2.38. The van der Waals surface area contributed by atoms with Crippen LogP contribution >= 0.6 is 0 Å². The van der Waals surface area contributed by atoms with Crippen LogP contribution in [0.4, 0.5) is 0 Å². The first-order chi connectivity index (χ1) is 9.44. The number of hydrogen-bond donors (Lipinski definition) is 1. The number of ether oxygens (including phenoxy) is 1. The third-order valence-electron chi connectivity index (χ3n) is 3.06. The molecule has 0 bridgehead atoms. The number of carbonyl (C=O) groups is 2. The maximum Gasteiger partial charge on any atom is 0.331 e. The fraction of sp³-hybridized carbons (Fsp3) is 0.800. The van der Waals surface area contributed by atoms with Gasteiger partial charge in [-0.1, -0.05) is 20.8 Å². The molecule has 0 aliphatic carbocycles. The molecule has 0 rings (SSSR count).